The number of carbonyl (C=O) groups excluding carboxylic acids is 1. The summed E-state index contributed by atoms with van der Waals surface area (Å²) >= 11 is 0. The molecule has 0 aliphatic rings. The minimum atomic E-state index is -0.244. The number of nitrogen functional groups attached to an aromatic ring is 1. The summed E-state index contributed by atoms with van der Waals surface area (Å²) in [6.07, 6.45) is 2.58. The minimum Gasteiger partial charge on any atom is -0.457 e. The number of nitrogens with zero attached hydrogens (tertiary/aromatic N) is 1. The predicted octanol–water partition coefficient (Wildman–Crippen LogP) is 4.97. The maximum absolute atomic E-state index is 12.2. The molecule has 0 fully saturated rings. The molecule has 1 amide bonds. The van der Waals surface area contributed by atoms with E-state index in [9.17, 15) is 4.79 Å². The minimum absolute atomic E-state index is 0.224. The molecule has 5 heteroatoms. The molecule has 0 radical (unpaired) electrons. The Hall–Kier alpha value is -3.34. The van der Waals surface area contributed by atoms with Crippen LogP contribution in [0, 0.1) is 5.41 Å². The second-order valence-corrected chi connectivity index (χ2v) is 8.25. The number of ether oxygens (including phenoxy) is 1. The summed E-state index contributed by atoms with van der Waals surface area (Å²) < 4.78 is 5.92. The zero-order valence-electron chi connectivity index (χ0n) is 17.1. The molecular formula is C24H27N3O2. The summed E-state index contributed by atoms with van der Waals surface area (Å²) in [5, 5.41) is 2.85. The van der Waals surface area contributed by atoms with Crippen molar-refractivity contribution in [2.24, 2.45) is 5.41 Å². The zero-order chi connectivity index (χ0) is 20.9. The van der Waals surface area contributed by atoms with Crippen molar-refractivity contribution in [2.45, 2.75) is 33.7 Å². The first-order valence-corrected chi connectivity index (χ1v) is 9.65. The van der Waals surface area contributed by atoms with Crippen LogP contribution in [0.2, 0.25) is 0 Å². The Morgan fingerprint density at radius 3 is 2.10 bits per heavy atom. The van der Waals surface area contributed by atoms with E-state index in [1.165, 1.54) is 5.56 Å². The summed E-state index contributed by atoms with van der Waals surface area (Å²) in [7, 11) is 0. The number of benzene rings is 2. The van der Waals surface area contributed by atoms with Crippen molar-refractivity contribution in [2.75, 3.05) is 5.73 Å². The Kier molecular flexibility index (Phi) is 6.17. The van der Waals surface area contributed by atoms with E-state index < -0.39 is 0 Å². The molecule has 3 N–H and O–H groups in total. The van der Waals surface area contributed by atoms with Crippen molar-refractivity contribution in [3.8, 4) is 11.5 Å². The van der Waals surface area contributed by atoms with Gasteiger partial charge in [-0.2, -0.15) is 0 Å². The molecule has 29 heavy (non-hydrogen) atoms. The van der Waals surface area contributed by atoms with Crippen molar-refractivity contribution >= 4 is 11.7 Å². The maximum atomic E-state index is 12.2. The number of aromatic nitrogens is 1. The highest BCUT2D eigenvalue weighted by Gasteiger charge is 2.11. The van der Waals surface area contributed by atoms with Crippen LogP contribution in [-0.4, -0.2) is 10.9 Å². The van der Waals surface area contributed by atoms with Crippen LogP contribution in [0.5, 0.6) is 11.5 Å². The van der Waals surface area contributed by atoms with Crippen LogP contribution >= 0.6 is 0 Å². The van der Waals surface area contributed by atoms with Crippen LogP contribution in [0.4, 0.5) is 5.82 Å². The number of pyridine rings is 1. The Labute approximate surface area is 171 Å². The van der Waals surface area contributed by atoms with Gasteiger partial charge in [0.1, 0.15) is 17.3 Å². The van der Waals surface area contributed by atoms with E-state index in [4.69, 9.17) is 10.5 Å². The fourth-order valence-corrected chi connectivity index (χ4v) is 2.99. The van der Waals surface area contributed by atoms with Gasteiger partial charge in [0, 0.05) is 12.7 Å². The largest absolute Gasteiger partial charge is 0.457 e. The number of nitrogens with one attached hydrogen (secondary N) is 1. The van der Waals surface area contributed by atoms with Crippen LogP contribution < -0.4 is 15.8 Å². The van der Waals surface area contributed by atoms with Gasteiger partial charge in [-0.3, -0.25) is 4.79 Å². The number of amides is 1. The maximum Gasteiger partial charge on any atom is 0.255 e. The summed E-state index contributed by atoms with van der Waals surface area (Å²) in [5.41, 5.74) is 8.63. The first kappa shape index (κ1) is 20.4. The second kappa shape index (κ2) is 8.78. The van der Waals surface area contributed by atoms with Crippen molar-refractivity contribution in [3.05, 3.63) is 83.6 Å². The van der Waals surface area contributed by atoms with Crippen molar-refractivity contribution < 1.29 is 9.53 Å². The Morgan fingerprint density at radius 1 is 0.966 bits per heavy atom. The number of hydrogen-bond donors (Lipinski definition) is 2. The highest BCUT2D eigenvalue weighted by atomic mass is 16.5. The lowest BCUT2D eigenvalue weighted by Crippen LogP contribution is -2.24. The van der Waals surface area contributed by atoms with Gasteiger partial charge < -0.3 is 15.8 Å². The Bertz CT molecular complexity index is 959. The monoisotopic (exact) mass is 389 g/mol. The lowest BCUT2D eigenvalue weighted by Gasteiger charge is -2.18. The topological polar surface area (TPSA) is 77.2 Å². The third kappa shape index (κ3) is 6.07. The lowest BCUT2D eigenvalue weighted by atomic mass is 9.88. The number of anilines is 1. The molecule has 0 aliphatic heterocycles. The molecule has 3 aromatic rings. The molecular weight excluding hydrogens is 362 g/mol. The molecule has 3 rings (SSSR count). The quantitative estimate of drug-likeness (QED) is 0.624. The van der Waals surface area contributed by atoms with E-state index in [0.29, 0.717) is 12.1 Å². The Balaban J connectivity index is 1.55. The normalized spacial score (nSPS) is 11.1. The first-order valence-electron chi connectivity index (χ1n) is 9.65. The molecule has 0 saturated heterocycles. The van der Waals surface area contributed by atoms with Crippen LogP contribution in [0.25, 0.3) is 0 Å². The first-order chi connectivity index (χ1) is 13.8. The van der Waals surface area contributed by atoms with Gasteiger partial charge in [0.2, 0.25) is 0 Å². The molecule has 1 heterocycles. The molecule has 5 nitrogen and oxygen atoms in total. The van der Waals surface area contributed by atoms with Crippen LogP contribution in [0.1, 0.15) is 42.3 Å². The van der Waals surface area contributed by atoms with Gasteiger partial charge >= 0.3 is 0 Å². The summed E-state index contributed by atoms with van der Waals surface area (Å²) in [5.74, 6) is 1.53. The summed E-state index contributed by atoms with van der Waals surface area (Å²) in [6, 6.07) is 19.2. The van der Waals surface area contributed by atoms with Crippen LogP contribution in [-0.2, 0) is 13.0 Å². The van der Waals surface area contributed by atoms with Crippen molar-refractivity contribution in [1.29, 1.82) is 0 Å². The van der Waals surface area contributed by atoms with Crippen molar-refractivity contribution in [1.82, 2.24) is 10.3 Å². The van der Waals surface area contributed by atoms with Gasteiger partial charge in [-0.25, -0.2) is 4.98 Å². The van der Waals surface area contributed by atoms with Gasteiger partial charge in [0.15, 0.2) is 0 Å². The number of nitrogens with two attached hydrogens (primary N) is 1. The average Bonchev–Trinajstić information content (AvgIpc) is 2.68. The Morgan fingerprint density at radius 2 is 1.55 bits per heavy atom. The number of carbonyl (C=O) groups is 1. The molecule has 0 spiro atoms. The second-order valence-electron chi connectivity index (χ2n) is 8.25. The molecule has 0 unspecified atom stereocenters. The lowest BCUT2D eigenvalue weighted by molar-refractivity contribution is 0.0951. The molecule has 0 atom stereocenters. The zero-order valence-corrected chi connectivity index (χ0v) is 17.1. The van der Waals surface area contributed by atoms with Crippen LogP contribution in [0.3, 0.4) is 0 Å². The van der Waals surface area contributed by atoms with E-state index >= 15 is 0 Å². The number of rotatable bonds is 6. The smallest absolute Gasteiger partial charge is 0.255 e. The molecule has 0 bridgehead atoms. The van der Waals surface area contributed by atoms with Crippen molar-refractivity contribution in [3.63, 3.8) is 0 Å². The average molecular weight is 389 g/mol. The molecule has 2 aromatic carbocycles. The summed E-state index contributed by atoms with van der Waals surface area (Å²) in [4.78, 5) is 16.1. The van der Waals surface area contributed by atoms with Gasteiger partial charge in [-0.05, 0) is 59.4 Å². The van der Waals surface area contributed by atoms with E-state index in [-0.39, 0.29) is 17.1 Å². The molecule has 1 aromatic heterocycles. The third-order valence-electron chi connectivity index (χ3n) is 4.35. The molecule has 0 aliphatic carbocycles. The van der Waals surface area contributed by atoms with E-state index in [1.807, 2.05) is 36.4 Å². The highest BCUT2D eigenvalue weighted by molar-refractivity contribution is 5.98. The van der Waals surface area contributed by atoms with E-state index in [1.54, 1.807) is 18.3 Å². The molecule has 150 valence electrons. The highest BCUT2D eigenvalue weighted by Crippen LogP contribution is 2.25. The van der Waals surface area contributed by atoms with Gasteiger partial charge in [-0.1, -0.05) is 45.0 Å². The van der Waals surface area contributed by atoms with E-state index in [0.717, 1.165) is 23.5 Å². The predicted molar refractivity (Wildman–Crippen MR) is 116 cm³/mol. The van der Waals surface area contributed by atoms with Gasteiger partial charge in [-0.15, -0.1) is 0 Å². The summed E-state index contributed by atoms with van der Waals surface area (Å²) in [6.45, 7) is 7.09. The molecule has 0 saturated carbocycles. The standard InChI is InChI=1S/C24H27N3O2/c1-24(2,3)15-17-6-10-19(11-7-17)29-20-12-8-18(9-13-20)16-27-23(28)21-5-4-14-26-22(21)25/h4-14H,15-16H2,1-3H3,(H2,25,26)(H,27,28). The SMILES string of the molecule is CC(C)(C)Cc1ccc(Oc2ccc(CNC(=O)c3cccnc3N)cc2)cc1. The fourth-order valence-electron chi connectivity index (χ4n) is 2.99. The third-order valence-corrected chi connectivity index (χ3v) is 4.35. The van der Waals surface area contributed by atoms with Crippen LogP contribution in [0.15, 0.2) is 66.9 Å². The van der Waals surface area contributed by atoms with Gasteiger partial charge in [0.25, 0.3) is 5.91 Å². The van der Waals surface area contributed by atoms with Gasteiger partial charge in [0.05, 0.1) is 5.56 Å². The fraction of sp³-hybridized carbons (Fsp3) is 0.250. The van der Waals surface area contributed by atoms with E-state index in [2.05, 4.69) is 43.2 Å². The number of hydrogen-bond acceptors (Lipinski definition) is 4.